The Balaban J connectivity index is 2.29. The van der Waals surface area contributed by atoms with E-state index in [0.717, 1.165) is 37.7 Å². The van der Waals surface area contributed by atoms with Crippen molar-refractivity contribution in [2.75, 3.05) is 0 Å². The molecule has 166 valence electrons. The molecule has 0 radical (unpaired) electrons. The molecule has 1 aliphatic rings. The van der Waals surface area contributed by atoms with E-state index in [1.807, 2.05) is 49.4 Å². The van der Waals surface area contributed by atoms with Crippen molar-refractivity contribution in [3.63, 3.8) is 0 Å². The summed E-state index contributed by atoms with van der Waals surface area (Å²) < 4.78 is 5.77. The van der Waals surface area contributed by atoms with Crippen molar-refractivity contribution in [1.82, 2.24) is 0 Å². The van der Waals surface area contributed by atoms with E-state index in [2.05, 4.69) is 13.8 Å². The highest BCUT2D eigenvalue weighted by Crippen LogP contribution is 2.48. The van der Waals surface area contributed by atoms with Crippen LogP contribution in [0.25, 0.3) is 0 Å². The van der Waals surface area contributed by atoms with E-state index in [1.54, 1.807) is 0 Å². The first-order valence-corrected chi connectivity index (χ1v) is 11.5. The molecule has 0 saturated carbocycles. The molecule has 0 spiro atoms. The number of carboxylic acids is 1. The van der Waals surface area contributed by atoms with E-state index in [4.69, 9.17) is 4.74 Å². The van der Waals surface area contributed by atoms with Crippen LogP contribution in [0.2, 0.25) is 0 Å². The predicted molar refractivity (Wildman–Crippen MR) is 120 cm³/mol. The maximum absolute atomic E-state index is 13.5. The summed E-state index contributed by atoms with van der Waals surface area (Å²) in [6.07, 6.45) is 11.5. The first kappa shape index (κ1) is 24.2. The van der Waals surface area contributed by atoms with Crippen molar-refractivity contribution in [3.05, 3.63) is 48.0 Å². The Morgan fingerprint density at radius 2 is 1.87 bits per heavy atom. The molecule has 0 saturated heterocycles. The minimum absolute atomic E-state index is 0.181. The minimum Gasteiger partial charge on any atom is -0.481 e. The van der Waals surface area contributed by atoms with Gasteiger partial charge in [0, 0.05) is 0 Å². The number of allylic oxidation sites excluding steroid dienone is 2. The Hall–Kier alpha value is -2.10. The van der Waals surface area contributed by atoms with E-state index < -0.39 is 17.3 Å². The molecule has 2 rings (SSSR count). The molecule has 1 aromatic carbocycles. The number of aliphatic carboxylic acids is 1. The predicted octanol–water partition coefficient (Wildman–Crippen LogP) is 6.40. The van der Waals surface area contributed by atoms with E-state index in [-0.39, 0.29) is 18.5 Å². The van der Waals surface area contributed by atoms with Gasteiger partial charge in [0.05, 0.1) is 11.3 Å². The molecular formula is C26H38O4. The third-order valence-corrected chi connectivity index (χ3v) is 6.49. The summed E-state index contributed by atoms with van der Waals surface area (Å²) in [5, 5.41) is 10.1. The molecule has 4 atom stereocenters. The monoisotopic (exact) mass is 414 g/mol. The first-order chi connectivity index (χ1) is 14.4. The number of hydrogen-bond donors (Lipinski definition) is 1. The summed E-state index contributed by atoms with van der Waals surface area (Å²) in [5.41, 5.74) is -0.0822. The highest BCUT2D eigenvalue weighted by atomic mass is 16.5. The van der Waals surface area contributed by atoms with Gasteiger partial charge < -0.3 is 9.84 Å². The second-order valence-electron chi connectivity index (χ2n) is 8.88. The average molecular weight is 415 g/mol. The molecule has 1 N–H and O–H groups in total. The lowest BCUT2D eigenvalue weighted by Gasteiger charge is -2.42. The molecule has 30 heavy (non-hydrogen) atoms. The van der Waals surface area contributed by atoms with Gasteiger partial charge in [0.15, 0.2) is 0 Å². The summed E-state index contributed by atoms with van der Waals surface area (Å²) in [5.74, 6) is -1.86. The summed E-state index contributed by atoms with van der Waals surface area (Å²) in [6, 6.07) is 9.59. The van der Waals surface area contributed by atoms with Crippen LogP contribution in [0.4, 0.5) is 0 Å². The van der Waals surface area contributed by atoms with E-state index >= 15 is 0 Å². The fourth-order valence-corrected chi connectivity index (χ4v) is 5.02. The van der Waals surface area contributed by atoms with Gasteiger partial charge >= 0.3 is 11.9 Å². The maximum Gasteiger partial charge on any atom is 0.313 e. The topological polar surface area (TPSA) is 63.6 Å². The number of ether oxygens (including phenoxy) is 1. The molecule has 1 aliphatic carbocycles. The van der Waals surface area contributed by atoms with Crippen LogP contribution >= 0.6 is 0 Å². The molecule has 4 heteroatoms. The Labute approximate surface area is 181 Å². The lowest BCUT2D eigenvalue weighted by atomic mass is 9.60. The van der Waals surface area contributed by atoms with Crippen molar-refractivity contribution >= 4 is 11.9 Å². The van der Waals surface area contributed by atoms with Gasteiger partial charge in [0.2, 0.25) is 0 Å². The van der Waals surface area contributed by atoms with Crippen molar-refractivity contribution in [3.8, 4) is 0 Å². The zero-order valence-corrected chi connectivity index (χ0v) is 18.8. The van der Waals surface area contributed by atoms with Crippen molar-refractivity contribution in [2.45, 2.75) is 78.7 Å². The number of rotatable bonds is 12. The van der Waals surface area contributed by atoms with Crippen LogP contribution in [0.1, 0.15) is 77.7 Å². The van der Waals surface area contributed by atoms with E-state index in [0.29, 0.717) is 18.8 Å². The molecule has 0 amide bonds. The molecule has 0 fully saturated rings. The number of carbonyl (C=O) groups is 2. The Kier molecular flexibility index (Phi) is 9.61. The van der Waals surface area contributed by atoms with Crippen LogP contribution in [0, 0.1) is 23.2 Å². The van der Waals surface area contributed by atoms with Gasteiger partial charge in [-0.15, -0.1) is 0 Å². The fourth-order valence-electron chi connectivity index (χ4n) is 5.02. The Bertz CT molecular complexity index is 696. The molecule has 4 nitrogen and oxygen atoms in total. The number of carbonyl (C=O) groups excluding carboxylic acids is 1. The maximum atomic E-state index is 13.5. The van der Waals surface area contributed by atoms with Crippen molar-refractivity contribution in [1.29, 1.82) is 0 Å². The first-order valence-electron chi connectivity index (χ1n) is 11.5. The smallest absolute Gasteiger partial charge is 0.313 e. The number of carboxylic acid groups (broad SMARTS) is 1. The van der Waals surface area contributed by atoms with Crippen LogP contribution in [-0.4, -0.2) is 17.0 Å². The molecule has 0 bridgehead atoms. The van der Waals surface area contributed by atoms with Gasteiger partial charge in [-0.2, -0.15) is 0 Å². The van der Waals surface area contributed by atoms with Crippen LogP contribution in [0.5, 0.6) is 0 Å². The van der Waals surface area contributed by atoms with Crippen LogP contribution < -0.4 is 0 Å². The van der Waals surface area contributed by atoms with Crippen LogP contribution in [0.3, 0.4) is 0 Å². The third kappa shape index (κ3) is 6.20. The second kappa shape index (κ2) is 11.9. The summed E-state index contributed by atoms with van der Waals surface area (Å²) in [6.45, 7) is 6.43. The van der Waals surface area contributed by atoms with Gasteiger partial charge in [-0.05, 0) is 30.2 Å². The summed E-state index contributed by atoms with van der Waals surface area (Å²) in [7, 11) is 0. The van der Waals surface area contributed by atoms with Crippen molar-refractivity contribution < 1.29 is 19.4 Å². The van der Waals surface area contributed by atoms with Crippen molar-refractivity contribution in [2.24, 2.45) is 23.2 Å². The number of esters is 1. The zero-order valence-electron chi connectivity index (χ0n) is 18.8. The van der Waals surface area contributed by atoms with E-state index in [1.165, 1.54) is 6.42 Å². The summed E-state index contributed by atoms with van der Waals surface area (Å²) in [4.78, 5) is 25.8. The highest BCUT2D eigenvalue weighted by molar-refractivity contribution is 5.85. The average Bonchev–Trinajstić information content (AvgIpc) is 2.72. The molecular weight excluding hydrogens is 376 g/mol. The number of hydrogen-bond acceptors (Lipinski definition) is 3. The zero-order chi connectivity index (χ0) is 22.0. The largest absolute Gasteiger partial charge is 0.481 e. The van der Waals surface area contributed by atoms with Gasteiger partial charge in [0.25, 0.3) is 0 Å². The lowest BCUT2D eigenvalue weighted by Crippen LogP contribution is -2.48. The van der Waals surface area contributed by atoms with Gasteiger partial charge in [-0.25, -0.2) is 0 Å². The minimum atomic E-state index is -0.999. The molecule has 0 heterocycles. The SMILES string of the molecule is CCCCCC(CCC)CC1(C(=O)OCc2ccccc2)CC=CC(C)C1C(=O)O. The molecule has 4 unspecified atom stereocenters. The number of unbranched alkanes of at least 4 members (excludes halogenated alkanes) is 2. The highest BCUT2D eigenvalue weighted by Gasteiger charge is 2.53. The third-order valence-electron chi connectivity index (χ3n) is 6.49. The molecule has 1 aromatic rings. The fraction of sp³-hybridized carbons (Fsp3) is 0.615. The van der Waals surface area contributed by atoms with E-state index in [9.17, 15) is 14.7 Å². The van der Waals surface area contributed by atoms with Gasteiger partial charge in [-0.3, -0.25) is 9.59 Å². The van der Waals surface area contributed by atoms with Gasteiger partial charge in [0.1, 0.15) is 6.61 Å². The Morgan fingerprint density at radius 3 is 2.50 bits per heavy atom. The standard InChI is InChI=1S/C26H38O4/c1-4-6-8-14-21(12-5-2)18-26(17-11-13-20(3)23(26)24(27)28)25(29)30-19-22-15-9-7-10-16-22/h7,9-11,13,15-16,20-21,23H,4-6,8,12,14,17-19H2,1-3H3,(H,27,28). The van der Waals surface area contributed by atoms with Crippen LogP contribution in [0.15, 0.2) is 42.5 Å². The number of benzene rings is 1. The lowest BCUT2D eigenvalue weighted by molar-refractivity contribution is -0.173. The summed E-state index contributed by atoms with van der Waals surface area (Å²) >= 11 is 0. The Morgan fingerprint density at radius 1 is 1.13 bits per heavy atom. The normalized spacial score (nSPS) is 24.4. The molecule has 0 aliphatic heterocycles. The quantitative estimate of drug-likeness (QED) is 0.244. The van der Waals surface area contributed by atoms with Crippen LogP contribution in [-0.2, 0) is 20.9 Å². The van der Waals surface area contributed by atoms with Gasteiger partial charge in [-0.1, -0.05) is 102 Å². The second-order valence-corrected chi connectivity index (χ2v) is 8.88. The molecule has 0 aromatic heterocycles.